The third kappa shape index (κ3) is 4.69. The van der Waals surface area contributed by atoms with Gasteiger partial charge in [0.1, 0.15) is 28.4 Å². The normalized spacial score (nSPS) is 16.3. The van der Waals surface area contributed by atoms with Crippen LogP contribution in [-0.4, -0.2) is 35.0 Å². The van der Waals surface area contributed by atoms with Crippen LogP contribution in [0.5, 0.6) is 17.2 Å². The van der Waals surface area contributed by atoms with Gasteiger partial charge in [-0.25, -0.2) is 0 Å². The molecule has 0 radical (unpaired) electrons. The molecule has 3 aromatic rings. The monoisotopic (exact) mass is 408 g/mol. The predicted molar refractivity (Wildman–Crippen MR) is 112 cm³/mol. The van der Waals surface area contributed by atoms with Crippen LogP contribution in [0, 0.1) is 0 Å². The Balaban J connectivity index is 1.49. The zero-order chi connectivity index (χ0) is 20.1. The predicted octanol–water partition coefficient (Wildman–Crippen LogP) is 5.21. The molecule has 1 aromatic heterocycles. The molecular formula is C23H21ClN2O3. The number of amides is 1. The second kappa shape index (κ2) is 8.97. The van der Waals surface area contributed by atoms with Crippen LogP contribution in [0.2, 0.25) is 5.02 Å². The molecule has 1 aliphatic rings. The topological polar surface area (TPSA) is 51.7 Å². The van der Waals surface area contributed by atoms with Crippen LogP contribution in [0.3, 0.4) is 0 Å². The Morgan fingerprint density at radius 2 is 1.83 bits per heavy atom. The van der Waals surface area contributed by atoms with Gasteiger partial charge in [0.2, 0.25) is 0 Å². The highest BCUT2D eigenvalue weighted by Gasteiger charge is 2.27. The summed E-state index contributed by atoms with van der Waals surface area (Å²) in [6.45, 7) is 1.18. The fraction of sp³-hybridized carbons (Fsp3) is 0.217. The molecule has 2 heterocycles. The number of para-hydroxylation sites is 2. The van der Waals surface area contributed by atoms with Gasteiger partial charge in [-0.3, -0.25) is 9.78 Å². The summed E-state index contributed by atoms with van der Waals surface area (Å²) >= 11 is 6.15. The molecule has 148 valence electrons. The third-order valence-electron chi connectivity index (χ3n) is 4.78. The number of pyridine rings is 1. The molecule has 0 spiro atoms. The van der Waals surface area contributed by atoms with Crippen LogP contribution in [0.15, 0.2) is 73.1 Å². The van der Waals surface area contributed by atoms with Crippen molar-refractivity contribution in [2.45, 2.75) is 18.9 Å². The molecule has 1 aliphatic heterocycles. The van der Waals surface area contributed by atoms with E-state index in [9.17, 15) is 4.79 Å². The standard InChI is InChI=1S/C23H21ClN2O3/c24-20-15-25-13-12-22(20)29-18-9-6-14-26(16-18)23(27)19-10-4-5-11-21(19)28-17-7-2-1-3-8-17/h1-5,7-8,10-13,15,18H,6,9,14,16H2. The average molecular weight is 409 g/mol. The van der Waals surface area contributed by atoms with Crippen molar-refractivity contribution in [3.63, 3.8) is 0 Å². The number of carbonyl (C=O) groups is 1. The summed E-state index contributed by atoms with van der Waals surface area (Å²) in [4.78, 5) is 19.0. The second-order valence-electron chi connectivity index (χ2n) is 6.85. The van der Waals surface area contributed by atoms with Gasteiger partial charge in [0, 0.05) is 25.0 Å². The van der Waals surface area contributed by atoms with Crippen molar-refractivity contribution < 1.29 is 14.3 Å². The van der Waals surface area contributed by atoms with Gasteiger partial charge in [0.15, 0.2) is 0 Å². The lowest BCUT2D eigenvalue weighted by Gasteiger charge is -2.33. The van der Waals surface area contributed by atoms with Gasteiger partial charge >= 0.3 is 0 Å². The van der Waals surface area contributed by atoms with Gasteiger partial charge in [0.05, 0.1) is 12.1 Å². The minimum atomic E-state index is -0.116. The first-order valence-corrected chi connectivity index (χ1v) is 9.96. The van der Waals surface area contributed by atoms with Gasteiger partial charge in [0.25, 0.3) is 5.91 Å². The highest BCUT2D eigenvalue weighted by atomic mass is 35.5. The summed E-state index contributed by atoms with van der Waals surface area (Å²) in [7, 11) is 0. The number of rotatable bonds is 5. The number of carbonyl (C=O) groups excluding carboxylic acids is 1. The first-order valence-electron chi connectivity index (χ1n) is 9.58. The van der Waals surface area contributed by atoms with E-state index < -0.39 is 0 Å². The van der Waals surface area contributed by atoms with Crippen molar-refractivity contribution in [3.05, 3.63) is 83.6 Å². The maximum absolute atomic E-state index is 13.2. The molecule has 1 atom stereocenters. The quantitative estimate of drug-likeness (QED) is 0.581. The maximum Gasteiger partial charge on any atom is 0.257 e. The molecule has 29 heavy (non-hydrogen) atoms. The minimum absolute atomic E-state index is 0.0642. The molecular weight excluding hydrogens is 388 g/mol. The number of ether oxygens (including phenoxy) is 2. The van der Waals surface area contributed by atoms with E-state index in [1.807, 2.05) is 53.4 Å². The van der Waals surface area contributed by atoms with Gasteiger partial charge in [-0.1, -0.05) is 41.9 Å². The number of hydrogen-bond acceptors (Lipinski definition) is 4. The molecule has 5 nitrogen and oxygen atoms in total. The van der Waals surface area contributed by atoms with E-state index in [1.54, 1.807) is 24.5 Å². The molecule has 1 amide bonds. The first kappa shape index (κ1) is 19.3. The van der Waals surface area contributed by atoms with E-state index in [-0.39, 0.29) is 12.0 Å². The highest BCUT2D eigenvalue weighted by Crippen LogP contribution is 2.29. The third-order valence-corrected chi connectivity index (χ3v) is 5.07. The molecule has 0 saturated carbocycles. The van der Waals surface area contributed by atoms with Crippen LogP contribution in [0.25, 0.3) is 0 Å². The van der Waals surface area contributed by atoms with Gasteiger partial charge in [-0.2, -0.15) is 0 Å². The number of piperidine rings is 1. The van der Waals surface area contributed by atoms with E-state index in [0.29, 0.717) is 40.9 Å². The van der Waals surface area contributed by atoms with E-state index in [2.05, 4.69) is 4.98 Å². The zero-order valence-electron chi connectivity index (χ0n) is 15.8. The summed E-state index contributed by atoms with van der Waals surface area (Å²) in [5.41, 5.74) is 0.541. The molecule has 6 heteroatoms. The Kier molecular flexibility index (Phi) is 5.96. The summed E-state index contributed by atoms with van der Waals surface area (Å²) in [6, 6.07) is 18.5. The number of hydrogen-bond donors (Lipinski definition) is 0. The molecule has 2 aromatic carbocycles. The summed E-state index contributed by atoms with van der Waals surface area (Å²) in [5, 5.41) is 0.470. The minimum Gasteiger partial charge on any atom is -0.487 e. The van der Waals surface area contributed by atoms with Crippen molar-refractivity contribution in [3.8, 4) is 17.2 Å². The van der Waals surface area contributed by atoms with Crippen LogP contribution in [0.1, 0.15) is 23.2 Å². The van der Waals surface area contributed by atoms with Crippen molar-refractivity contribution in [2.75, 3.05) is 13.1 Å². The molecule has 1 saturated heterocycles. The van der Waals surface area contributed by atoms with Gasteiger partial charge in [-0.05, 0) is 37.1 Å². The Hall–Kier alpha value is -3.05. The molecule has 0 N–H and O–H groups in total. The SMILES string of the molecule is O=C(c1ccccc1Oc1ccccc1)N1CCCC(Oc2ccncc2Cl)C1. The Morgan fingerprint density at radius 3 is 2.66 bits per heavy atom. The Bertz CT molecular complexity index is 981. The average Bonchev–Trinajstić information content (AvgIpc) is 2.76. The summed E-state index contributed by atoms with van der Waals surface area (Å²) < 4.78 is 12.0. The lowest BCUT2D eigenvalue weighted by molar-refractivity contribution is 0.0535. The number of likely N-dealkylation sites (tertiary alicyclic amines) is 1. The summed E-state index contributed by atoms with van der Waals surface area (Å²) in [6.07, 6.45) is 4.81. The van der Waals surface area contributed by atoms with Crippen molar-refractivity contribution in [2.24, 2.45) is 0 Å². The highest BCUT2D eigenvalue weighted by molar-refractivity contribution is 6.31. The van der Waals surface area contributed by atoms with E-state index >= 15 is 0 Å². The van der Waals surface area contributed by atoms with Crippen LogP contribution in [0.4, 0.5) is 0 Å². The fourth-order valence-electron chi connectivity index (χ4n) is 3.37. The first-order chi connectivity index (χ1) is 14.2. The molecule has 1 unspecified atom stereocenters. The number of aromatic nitrogens is 1. The van der Waals surface area contributed by atoms with E-state index in [0.717, 1.165) is 12.8 Å². The second-order valence-corrected chi connectivity index (χ2v) is 7.26. The number of benzene rings is 2. The van der Waals surface area contributed by atoms with Crippen molar-refractivity contribution in [1.29, 1.82) is 0 Å². The smallest absolute Gasteiger partial charge is 0.257 e. The van der Waals surface area contributed by atoms with Crippen LogP contribution >= 0.6 is 11.6 Å². The van der Waals surface area contributed by atoms with Crippen LogP contribution < -0.4 is 9.47 Å². The van der Waals surface area contributed by atoms with Crippen LogP contribution in [-0.2, 0) is 0 Å². The number of nitrogens with zero attached hydrogens (tertiary/aromatic N) is 2. The summed E-state index contributed by atoms with van der Waals surface area (Å²) in [5.74, 6) is 1.77. The molecule has 0 bridgehead atoms. The molecule has 4 rings (SSSR count). The maximum atomic E-state index is 13.2. The van der Waals surface area contributed by atoms with E-state index in [1.165, 1.54) is 0 Å². The van der Waals surface area contributed by atoms with Crippen molar-refractivity contribution >= 4 is 17.5 Å². The molecule has 1 fully saturated rings. The number of halogens is 1. The molecule has 0 aliphatic carbocycles. The van der Waals surface area contributed by atoms with Gasteiger partial charge in [-0.15, -0.1) is 0 Å². The lowest BCUT2D eigenvalue weighted by atomic mass is 10.1. The van der Waals surface area contributed by atoms with Gasteiger partial charge < -0.3 is 14.4 Å². The lowest BCUT2D eigenvalue weighted by Crippen LogP contribution is -2.44. The largest absolute Gasteiger partial charge is 0.487 e. The zero-order valence-corrected chi connectivity index (χ0v) is 16.6. The van der Waals surface area contributed by atoms with E-state index in [4.69, 9.17) is 21.1 Å². The van der Waals surface area contributed by atoms with Crippen molar-refractivity contribution in [1.82, 2.24) is 9.88 Å². The Labute approximate surface area is 174 Å². The fourth-order valence-corrected chi connectivity index (χ4v) is 3.54. The Morgan fingerprint density at radius 1 is 1.03 bits per heavy atom.